The molecular weight excluding hydrogens is 533 g/mol. The number of methoxy groups -OCH3 is 1. The average Bonchev–Trinajstić information content (AvgIpc) is 3.64. The van der Waals surface area contributed by atoms with E-state index >= 15 is 0 Å². The molecule has 37 heavy (non-hydrogen) atoms. The number of thiophene rings is 4. The molecule has 0 fully saturated rings. The lowest BCUT2D eigenvalue weighted by Crippen LogP contribution is -1.86. The van der Waals surface area contributed by atoms with Gasteiger partial charge in [-0.25, -0.2) is 0 Å². The van der Waals surface area contributed by atoms with E-state index in [1.807, 2.05) is 45.3 Å². The summed E-state index contributed by atoms with van der Waals surface area (Å²) in [6.45, 7) is 6.74. The normalized spacial score (nSPS) is 11.7. The minimum Gasteiger partial charge on any atom is -0.496 e. The second-order valence-electron chi connectivity index (χ2n) is 10.2. The van der Waals surface area contributed by atoms with Crippen LogP contribution in [0.25, 0.3) is 9.40 Å². The summed E-state index contributed by atoms with van der Waals surface area (Å²) in [6.07, 6.45) is 14.7. The van der Waals surface area contributed by atoms with Gasteiger partial charge in [0.15, 0.2) is 6.29 Å². The summed E-state index contributed by atoms with van der Waals surface area (Å²) in [4.78, 5) is 19.8. The van der Waals surface area contributed by atoms with E-state index in [0.717, 1.165) is 36.9 Å². The van der Waals surface area contributed by atoms with E-state index in [2.05, 4.69) is 45.0 Å². The van der Waals surface area contributed by atoms with Crippen molar-refractivity contribution in [2.75, 3.05) is 7.11 Å². The molecule has 200 valence electrons. The zero-order chi connectivity index (χ0) is 26.2. The second kappa shape index (κ2) is 14.1. The summed E-state index contributed by atoms with van der Waals surface area (Å²) in [7, 11) is 1.77. The van der Waals surface area contributed by atoms with Gasteiger partial charge < -0.3 is 4.74 Å². The number of rotatable bonds is 16. The maximum absolute atomic E-state index is 11.8. The first kappa shape index (κ1) is 28.5. The zero-order valence-corrected chi connectivity index (χ0v) is 26.0. The van der Waals surface area contributed by atoms with Crippen LogP contribution in [0.3, 0.4) is 0 Å². The molecule has 0 bridgehead atoms. The Balaban J connectivity index is 1.34. The number of ether oxygens (including phenoxy) is 1. The maximum atomic E-state index is 11.8. The smallest absolute Gasteiger partial charge is 0.151 e. The first-order chi connectivity index (χ1) is 18.0. The first-order valence-corrected chi connectivity index (χ1v) is 17.0. The van der Waals surface area contributed by atoms with Crippen LogP contribution in [0.15, 0.2) is 24.3 Å². The molecule has 4 aromatic heterocycles. The van der Waals surface area contributed by atoms with Gasteiger partial charge in [-0.05, 0) is 43.0 Å². The molecule has 0 aliphatic rings. The third-order valence-corrected chi connectivity index (χ3v) is 11.8. The van der Waals surface area contributed by atoms with Gasteiger partial charge in [0.05, 0.1) is 12.0 Å². The molecule has 0 unspecified atom stereocenters. The van der Waals surface area contributed by atoms with Crippen LogP contribution in [0.1, 0.15) is 118 Å². The van der Waals surface area contributed by atoms with Gasteiger partial charge in [0, 0.05) is 52.2 Å². The Kier molecular flexibility index (Phi) is 10.9. The second-order valence-corrected chi connectivity index (χ2v) is 15.0. The monoisotopic (exact) mass is 572 g/mol. The standard InChI is InChI=1S/C31H40O2S4/c1-5-6-7-8-9-10-11-12-13-23-14-22(20-32)28(34-23)15-24-17-30-31(35-24)18-25(36-30)16-29-26(33-4)19-27(37-29)21(2)3/h14,17-21H,5-13,15-16H2,1-4H3. The van der Waals surface area contributed by atoms with Gasteiger partial charge in [-0.15, -0.1) is 45.3 Å². The highest BCUT2D eigenvalue weighted by molar-refractivity contribution is 7.28. The molecule has 0 aromatic carbocycles. The van der Waals surface area contributed by atoms with Gasteiger partial charge in [-0.3, -0.25) is 4.79 Å². The summed E-state index contributed by atoms with van der Waals surface area (Å²) in [5.41, 5.74) is 0.891. The zero-order valence-electron chi connectivity index (χ0n) is 22.7. The number of carbonyl (C=O) groups excluding carboxylic acids is 1. The largest absolute Gasteiger partial charge is 0.496 e. The number of carbonyl (C=O) groups is 1. The highest BCUT2D eigenvalue weighted by Gasteiger charge is 2.16. The van der Waals surface area contributed by atoms with Crippen molar-refractivity contribution < 1.29 is 9.53 Å². The van der Waals surface area contributed by atoms with E-state index in [1.54, 1.807) is 7.11 Å². The molecule has 0 radical (unpaired) electrons. The van der Waals surface area contributed by atoms with E-state index < -0.39 is 0 Å². The number of aryl methyl sites for hydroxylation is 1. The van der Waals surface area contributed by atoms with Crippen molar-refractivity contribution in [1.29, 1.82) is 0 Å². The lowest BCUT2D eigenvalue weighted by atomic mass is 10.1. The third kappa shape index (κ3) is 7.78. The highest BCUT2D eigenvalue weighted by Crippen LogP contribution is 2.40. The Morgan fingerprint density at radius 2 is 1.38 bits per heavy atom. The van der Waals surface area contributed by atoms with Crippen LogP contribution in [-0.4, -0.2) is 13.4 Å². The van der Waals surface area contributed by atoms with E-state index in [1.165, 1.54) is 90.0 Å². The topological polar surface area (TPSA) is 26.3 Å². The van der Waals surface area contributed by atoms with Crippen molar-refractivity contribution in [3.8, 4) is 5.75 Å². The number of unbranched alkanes of at least 4 members (excludes halogenated alkanes) is 7. The first-order valence-electron chi connectivity index (χ1n) is 13.7. The van der Waals surface area contributed by atoms with Crippen molar-refractivity contribution >= 4 is 61.0 Å². The summed E-state index contributed by atoms with van der Waals surface area (Å²) in [5.74, 6) is 1.55. The number of hydrogen-bond donors (Lipinski definition) is 0. The van der Waals surface area contributed by atoms with Gasteiger partial charge in [-0.1, -0.05) is 65.7 Å². The summed E-state index contributed by atoms with van der Waals surface area (Å²) >= 11 is 7.49. The van der Waals surface area contributed by atoms with Crippen LogP contribution in [-0.2, 0) is 19.3 Å². The van der Waals surface area contributed by atoms with Crippen molar-refractivity contribution in [3.05, 3.63) is 59.1 Å². The van der Waals surface area contributed by atoms with E-state index in [-0.39, 0.29) is 0 Å². The van der Waals surface area contributed by atoms with Crippen molar-refractivity contribution in [2.24, 2.45) is 0 Å². The fourth-order valence-corrected chi connectivity index (χ4v) is 9.75. The van der Waals surface area contributed by atoms with Crippen molar-refractivity contribution in [1.82, 2.24) is 0 Å². The van der Waals surface area contributed by atoms with Gasteiger partial charge in [0.2, 0.25) is 0 Å². The Hall–Kier alpha value is -1.47. The van der Waals surface area contributed by atoms with E-state index in [4.69, 9.17) is 4.74 Å². The molecule has 4 rings (SSSR count). The molecule has 0 amide bonds. The minimum absolute atomic E-state index is 0.524. The van der Waals surface area contributed by atoms with Crippen LogP contribution in [0.5, 0.6) is 5.75 Å². The molecule has 0 aliphatic heterocycles. The highest BCUT2D eigenvalue weighted by atomic mass is 32.1. The fourth-order valence-electron chi connectivity index (χ4n) is 4.73. The Morgan fingerprint density at radius 1 is 0.757 bits per heavy atom. The molecule has 4 heterocycles. The number of aldehydes is 1. The molecule has 6 heteroatoms. The molecule has 0 saturated heterocycles. The predicted octanol–water partition coefficient (Wildman–Crippen LogP) is 10.9. The van der Waals surface area contributed by atoms with Gasteiger partial charge >= 0.3 is 0 Å². The lowest BCUT2D eigenvalue weighted by Gasteiger charge is -2.01. The summed E-state index contributed by atoms with van der Waals surface area (Å²) in [6, 6.07) is 9.03. The third-order valence-electron chi connectivity index (χ3n) is 6.85. The molecule has 0 N–H and O–H groups in total. The molecule has 0 atom stereocenters. The van der Waals surface area contributed by atoms with Crippen molar-refractivity contribution in [3.63, 3.8) is 0 Å². The van der Waals surface area contributed by atoms with Gasteiger partial charge in [-0.2, -0.15) is 0 Å². The SMILES string of the molecule is CCCCCCCCCCc1cc(C=O)c(Cc2cc3sc(Cc4sc(C(C)C)cc4OC)cc3s2)s1. The van der Waals surface area contributed by atoms with Gasteiger partial charge in [0.1, 0.15) is 5.75 Å². The number of fused-ring (bicyclic) bond motifs is 1. The number of hydrogen-bond acceptors (Lipinski definition) is 6. The quantitative estimate of drug-likeness (QED) is 0.0986. The molecule has 0 aliphatic carbocycles. The molecule has 2 nitrogen and oxygen atoms in total. The van der Waals surface area contributed by atoms with Crippen LogP contribution in [0.4, 0.5) is 0 Å². The Bertz CT molecular complexity index is 1240. The molecule has 0 saturated carbocycles. The lowest BCUT2D eigenvalue weighted by molar-refractivity contribution is 0.112. The van der Waals surface area contributed by atoms with Crippen molar-refractivity contribution in [2.45, 2.75) is 97.3 Å². The summed E-state index contributed by atoms with van der Waals surface area (Å²) in [5, 5.41) is 0. The predicted molar refractivity (Wildman–Crippen MR) is 166 cm³/mol. The maximum Gasteiger partial charge on any atom is 0.151 e. The van der Waals surface area contributed by atoms with Gasteiger partial charge in [0.25, 0.3) is 0 Å². The van der Waals surface area contributed by atoms with Crippen LogP contribution >= 0.6 is 45.3 Å². The molecular formula is C31H40O2S4. The minimum atomic E-state index is 0.524. The van der Waals surface area contributed by atoms with E-state index in [0.29, 0.717) is 5.92 Å². The van der Waals surface area contributed by atoms with Crippen LogP contribution < -0.4 is 4.74 Å². The molecule has 0 spiro atoms. The van der Waals surface area contributed by atoms with Crippen LogP contribution in [0, 0.1) is 0 Å². The van der Waals surface area contributed by atoms with Crippen LogP contribution in [0.2, 0.25) is 0 Å². The Labute approximate surface area is 238 Å². The van der Waals surface area contributed by atoms with E-state index in [9.17, 15) is 4.79 Å². The molecule has 4 aromatic rings. The summed E-state index contributed by atoms with van der Waals surface area (Å²) < 4.78 is 8.38. The fraction of sp³-hybridized carbons (Fsp3) is 0.516. The average molecular weight is 573 g/mol. The Morgan fingerprint density at radius 3 is 1.97 bits per heavy atom.